The van der Waals surface area contributed by atoms with Gasteiger partial charge in [-0.2, -0.15) is 0 Å². The fourth-order valence-electron chi connectivity index (χ4n) is 1.51. The minimum absolute atomic E-state index is 0.0162. The zero-order chi connectivity index (χ0) is 14.0. The molecule has 0 saturated heterocycles. The predicted molar refractivity (Wildman–Crippen MR) is 72.2 cm³/mol. The summed E-state index contributed by atoms with van der Waals surface area (Å²) in [6.07, 6.45) is 0. The lowest BCUT2D eigenvalue weighted by molar-refractivity contribution is 0.285. The maximum Gasteiger partial charge on any atom is 0.262 e. The lowest BCUT2D eigenvalue weighted by Crippen LogP contribution is -2.13. The quantitative estimate of drug-likeness (QED) is 0.912. The van der Waals surface area contributed by atoms with Crippen molar-refractivity contribution in [2.45, 2.75) is 18.4 Å². The lowest BCUT2D eigenvalue weighted by atomic mass is 10.2. The van der Waals surface area contributed by atoms with Crippen LogP contribution in [0, 0.1) is 12.7 Å². The summed E-state index contributed by atoms with van der Waals surface area (Å²) >= 11 is 1.13. The van der Waals surface area contributed by atoms with Gasteiger partial charge >= 0.3 is 0 Å². The monoisotopic (exact) mass is 301 g/mol. The summed E-state index contributed by atoms with van der Waals surface area (Å²) in [7, 11) is -3.83. The van der Waals surface area contributed by atoms with Gasteiger partial charge in [0, 0.05) is 10.3 Å². The third-order valence-electron chi connectivity index (χ3n) is 2.46. The van der Waals surface area contributed by atoms with Crippen LogP contribution in [0.25, 0.3) is 0 Å². The van der Waals surface area contributed by atoms with Crippen molar-refractivity contribution in [1.82, 2.24) is 0 Å². The van der Waals surface area contributed by atoms with Crippen LogP contribution in [0.1, 0.15) is 10.4 Å². The van der Waals surface area contributed by atoms with Crippen molar-refractivity contribution in [1.29, 1.82) is 0 Å². The average molecular weight is 301 g/mol. The molecule has 2 N–H and O–H groups in total. The third-order valence-corrected chi connectivity index (χ3v) is 4.88. The van der Waals surface area contributed by atoms with Crippen molar-refractivity contribution >= 4 is 27.0 Å². The number of sulfonamides is 1. The molecule has 0 spiro atoms. The number of nitrogens with one attached hydrogen (secondary N) is 1. The van der Waals surface area contributed by atoms with E-state index in [1.165, 1.54) is 23.6 Å². The molecule has 1 aromatic carbocycles. The van der Waals surface area contributed by atoms with E-state index < -0.39 is 15.8 Å². The third kappa shape index (κ3) is 3.12. The molecule has 0 unspecified atom stereocenters. The van der Waals surface area contributed by atoms with Gasteiger partial charge in [0.1, 0.15) is 5.82 Å². The Labute approximate surface area is 114 Å². The van der Waals surface area contributed by atoms with E-state index in [0.717, 1.165) is 16.9 Å². The Morgan fingerprint density at radius 3 is 2.74 bits per heavy atom. The fraction of sp³-hybridized carbons (Fsp3) is 0.167. The van der Waals surface area contributed by atoms with Crippen LogP contribution >= 0.6 is 11.3 Å². The molecule has 4 nitrogen and oxygen atoms in total. The van der Waals surface area contributed by atoms with Crippen molar-refractivity contribution in [2.24, 2.45) is 0 Å². The number of aliphatic hydroxyl groups excluding tert-OH is 1. The van der Waals surface area contributed by atoms with E-state index in [1.807, 2.05) is 0 Å². The van der Waals surface area contributed by atoms with Crippen LogP contribution in [0.4, 0.5) is 10.1 Å². The van der Waals surface area contributed by atoms with Gasteiger partial charge in [0.05, 0.1) is 17.2 Å². The summed E-state index contributed by atoms with van der Waals surface area (Å²) in [5.74, 6) is -0.633. The zero-order valence-corrected chi connectivity index (χ0v) is 11.7. The molecule has 0 fully saturated rings. The molecule has 102 valence electrons. The van der Waals surface area contributed by atoms with E-state index in [0.29, 0.717) is 4.88 Å². The molecular formula is C12H12FNO3S2. The molecule has 0 amide bonds. The number of anilines is 1. The molecule has 19 heavy (non-hydrogen) atoms. The standard InChI is InChI=1S/C12H12FNO3S2/c1-8-2-3-11(13)12(4-8)14-19(16,17)10-5-9(6-15)18-7-10/h2-5,7,14-15H,6H2,1H3. The molecule has 2 aromatic rings. The highest BCUT2D eigenvalue weighted by Crippen LogP contribution is 2.24. The Morgan fingerprint density at radius 2 is 2.11 bits per heavy atom. The number of aryl methyl sites for hydroxylation is 1. The van der Waals surface area contributed by atoms with Gasteiger partial charge in [-0.15, -0.1) is 11.3 Å². The molecule has 0 saturated carbocycles. The van der Waals surface area contributed by atoms with E-state index in [1.54, 1.807) is 13.0 Å². The molecule has 7 heteroatoms. The van der Waals surface area contributed by atoms with Crippen molar-refractivity contribution in [2.75, 3.05) is 4.72 Å². The van der Waals surface area contributed by atoms with Gasteiger partial charge in [-0.1, -0.05) is 6.07 Å². The molecule has 0 atom stereocenters. The number of halogens is 1. The largest absolute Gasteiger partial charge is 0.391 e. The van der Waals surface area contributed by atoms with E-state index in [2.05, 4.69) is 4.72 Å². The summed E-state index contributed by atoms with van der Waals surface area (Å²) in [6, 6.07) is 5.55. The number of hydrogen-bond donors (Lipinski definition) is 2. The first-order valence-electron chi connectivity index (χ1n) is 5.39. The van der Waals surface area contributed by atoms with Crippen LogP contribution in [-0.2, 0) is 16.6 Å². The van der Waals surface area contributed by atoms with E-state index in [9.17, 15) is 12.8 Å². The first-order chi connectivity index (χ1) is 8.92. The highest BCUT2D eigenvalue weighted by molar-refractivity contribution is 7.92. The summed E-state index contributed by atoms with van der Waals surface area (Å²) in [6.45, 7) is 1.52. The molecule has 0 aliphatic rings. The van der Waals surface area contributed by atoms with Crippen LogP contribution in [0.2, 0.25) is 0 Å². The number of thiophene rings is 1. The zero-order valence-electron chi connectivity index (χ0n) is 10.1. The average Bonchev–Trinajstić information content (AvgIpc) is 2.83. The van der Waals surface area contributed by atoms with Gasteiger partial charge in [0.2, 0.25) is 0 Å². The second kappa shape index (κ2) is 5.28. The molecule has 1 heterocycles. The van der Waals surface area contributed by atoms with Gasteiger partial charge in [-0.3, -0.25) is 4.72 Å². The van der Waals surface area contributed by atoms with E-state index >= 15 is 0 Å². The van der Waals surface area contributed by atoms with Gasteiger partial charge in [0.25, 0.3) is 10.0 Å². The minimum atomic E-state index is -3.83. The second-order valence-electron chi connectivity index (χ2n) is 4.00. The summed E-state index contributed by atoms with van der Waals surface area (Å²) in [5, 5.41) is 10.3. The Hall–Kier alpha value is -1.44. The molecule has 0 aliphatic heterocycles. The van der Waals surface area contributed by atoms with Crippen LogP contribution in [0.5, 0.6) is 0 Å². The molecular weight excluding hydrogens is 289 g/mol. The number of rotatable bonds is 4. The topological polar surface area (TPSA) is 66.4 Å². The number of hydrogen-bond acceptors (Lipinski definition) is 4. The highest BCUT2D eigenvalue weighted by atomic mass is 32.2. The van der Waals surface area contributed by atoms with Crippen LogP contribution in [0.15, 0.2) is 34.5 Å². The predicted octanol–water partition coefficient (Wildman–Crippen LogP) is 2.49. The van der Waals surface area contributed by atoms with Crippen LogP contribution in [0.3, 0.4) is 0 Å². The Bertz CT molecular complexity index is 695. The first-order valence-corrected chi connectivity index (χ1v) is 7.76. The molecule has 1 aromatic heterocycles. The number of benzene rings is 1. The molecule has 0 aliphatic carbocycles. The van der Waals surface area contributed by atoms with Gasteiger partial charge in [-0.25, -0.2) is 12.8 Å². The fourth-order valence-corrected chi connectivity index (χ4v) is 3.70. The van der Waals surface area contributed by atoms with Crippen molar-refractivity contribution in [3.8, 4) is 0 Å². The van der Waals surface area contributed by atoms with Crippen molar-refractivity contribution in [3.63, 3.8) is 0 Å². The normalized spacial score (nSPS) is 11.5. The maximum absolute atomic E-state index is 13.5. The Balaban J connectivity index is 2.33. The SMILES string of the molecule is Cc1ccc(F)c(NS(=O)(=O)c2csc(CO)c2)c1. The van der Waals surface area contributed by atoms with Crippen LogP contribution < -0.4 is 4.72 Å². The number of aliphatic hydroxyl groups is 1. The molecule has 2 rings (SSSR count). The van der Waals surface area contributed by atoms with Crippen molar-refractivity contribution < 1.29 is 17.9 Å². The van der Waals surface area contributed by atoms with Gasteiger partial charge in [-0.05, 0) is 30.7 Å². The van der Waals surface area contributed by atoms with Gasteiger partial charge in [0.15, 0.2) is 0 Å². The summed E-state index contributed by atoms with van der Waals surface area (Å²) < 4.78 is 39.8. The summed E-state index contributed by atoms with van der Waals surface area (Å²) in [4.78, 5) is 0.549. The highest BCUT2D eigenvalue weighted by Gasteiger charge is 2.18. The van der Waals surface area contributed by atoms with Gasteiger partial charge < -0.3 is 5.11 Å². The van der Waals surface area contributed by atoms with Crippen molar-refractivity contribution in [3.05, 3.63) is 45.9 Å². The van der Waals surface area contributed by atoms with Crippen LogP contribution in [-0.4, -0.2) is 13.5 Å². The smallest absolute Gasteiger partial charge is 0.262 e. The Morgan fingerprint density at radius 1 is 1.37 bits per heavy atom. The first kappa shape index (κ1) is 14.0. The minimum Gasteiger partial charge on any atom is -0.391 e. The molecule has 0 bridgehead atoms. The Kier molecular flexibility index (Phi) is 3.88. The molecule has 0 radical (unpaired) electrons. The second-order valence-corrected chi connectivity index (χ2v) is 6.67. The van der Waals surface area contributed by atoms with E-state index in [-0.39, 0.29) is 17.2 Å². The maximum atomic E-state index is 13.5. The van der Waals surface area contributed by atoms with E-state index in [4.69, 9.17) is 5.11 Å². The lowest BCUT2D eigenvalue weighted by Gasteiger charge is -2.08. The summed E-state index contributed by atoms with van der Waals surface area (Å²) in [5.41, 5.74) is 0.664.